The van der Waals surface area contributed by atoms with Gasteiger partial charge in [-0.15, -0.1) is 12.4 Å². The molecular weight excluding hydrogens is 204 g/mol. The van der Waals surface area contributed by atoms with E-state index in [0.29, 0.717) is 12.5 Å². The van der Waals surface area contributed by atoms with Crippen LogP contribution in [0.3, 0.4) is 0 Å². The molecule has 0 unspecified atom stereocenters. The fourth-order valence-corrected chi connectivity index (χ4v) is 2.43. The second-order valence-electron chi connectivity index (χ2n) is 3.89. The van der Waals surface area contributed by atoms with Crippen LogP contribution in [0.25, 0.3) is 0 Å². The predicted octanol–water partition coefficient (Wildman–Crippen LogP) is -0.220. The van der Waals surface area contributed by atoms with Gasteiger partial charge >= 0.3 is 0 Å². The molecule has 0 radical (unpaired) electrons. The molecule has 0 aliphatic carbocycles. The standard InChI is InChI=1S/C9H16N2O2.ClH/c1-10-8(12)9-2-3-13-5-7(9)4-11-6-9;/h7,11H,2-6H2,1H3,(H,10,12);1H/t7-,9+;/m1./s1. The van der Waals surface area contributed by atoms with Gasteiger partial charge in [-0.05, 0) is 6.42 Å². The van der Waals surface area contributed by atoms with Gasteiger partial charge in [0.25, 0.3) is 0 Å². The molecule has 5 heteroatoms. The van der Waals surface area contributed by atoms with Crippen molar-refractivity contribution in [3.8, 4) is 0 Å². The normalized spacial score (nSPS) is 35.6. The highest BCUT2D eigenvalue weighted by Gasteiger charge is 2.50. The SMILES string of the molecule is CNC(=O)[C@]12CCOC[C@H]1CNC2.Cl. The third-order valence-electron chi connectivity index (χ3n) is 3.30. The zero-order valence-electron chi connectivity index (χ0n) is 8.34. The summed E-state index contributed by atoms with van der Waals surface area (Å²) in [5, 5.41) is 6.04. The zero-order chi connectivity index (χ0) is 9.31. The highest BCUT2D eigenvalue weighted by atomic mass is 35.5. The monoisotopic (exact) mass is 220 g/mol. The maximum atomic E-state index is 11.8. The van der Waals surface area contributed by atoms with Crippen LogP contribution < -0.4 is 10.6 Å². The number of rotatable bonds is 1. The van der Waals surface area contributed by atoms with E-state index in [-0.39, 0.29) is 23.7 Å². The molecule has 0 aromatic carbocycles. The van der Waals surface area contributed by atoms with Crippen molar-refractivity contribution in [1.29, 1.82) is 0 Å². The van der Waals surface area contributed by atoms with E-state index in [2.05, 4.69) is 10.6 Å². The summed E-state index contributed by atoms with van der Waals surface area (Å²) in [7, 11) is 1.71. The van der Waals surface area contributed by atoms with E-state index in [1.54, 1.807) is 7.05 Å². The first kappa shape index (κ1) is 11.8. The van der Waals surface area contributed by atoms with Crippen LogP contribution in [-0.2, 0) is 9.53 Å². The molecule has 1 amide bonds. The van der Waals surface area contributed by atoms with E-state index in [0.717, 1.165) is 26.1 Å². The second kappa shape index (κ2) is 4.47. The van der Waals surface area contributed by atoms with E-state index in [1.807, 2.05) is 0 Å². The summed E-state index contributed by atoms with van der Waals surface area (Å²) in [4.78, 5) is 11.8. The van der Waals surface area contributed by atoms with Crippen molar-refractivity contribution < 1.29 is 9.53 Å². The number of halogens is 1. The smallest absolute Gasteiger partial charge is 0.227 e. The highest BCUT2D eigenvalue weighted by Crippen LogP contribution is 2.38. The maximum Gasteiger partial charge on any atom is 0.227 e. The molecule has 82 valence electrons. The number of carbonyl (C=O) groups excluding carboxylic acids is 1. The number of fused-ring (bicyclic) bond motifs is 1. The molecule has 4 nitrogen and oxygen atoms in total. The summed E-state index contributed by atoms with van der Waals surface area (Å²) in [6, 6.07) is 0. The van der Waals surface area contributed by atoms with Crippen LogP contribution >= 0.6 is 12.4 Å². The Hall–Kier alpha value is -0.320. The number of ether oxygens (including phenoxy) is 1. The Balaban J connectivity index is 0.000000980. The summed E-state index contributed by atoms with van der Waals surface area (Å²) < 4.78 is 5.38. The molecule has 2 heterocycles. The quantitative estimate of drug-likeness (QED) is 0.643. The van der Waals surface area contributed by atoms with Gasteiger partial charge in [-0.25, -0.2) is 0 Å². The first-order chi connectivity index (χ1) is 6.29. The molecule has 0 aromatic heterocycles. The lowest BCUT2D eigenvalue weighted by Crippen LogP contribution is -2.49. The van der Waals surface area contributed by atoms with Crippen molar-refractivity contribution in [1.82, 2.24) is 10.6 Å². The largest absolute Gasteiger partial charge is 0.381 e. The van der Waals surface area contributed by atoms with E-state index in [9.17, 15) is 4.79 Å². The number of hydrogen-bond acceptors (Lipinski definition) is 3. The lowest BCUT2D eigenvalue weighted by Gasteiger charge is -2.36. The Morgan fingerprint density at radius 1 is 1.64 bits per heavy atom. The topological polar surface area (TPSA) is 50.4 Å². The zero-order valence-corrected chi connectivity index (χ0v) is 9.15. The number of nitrogens with one attached hydrogen (secondary N) is 2. The van der Waals surface area contributed by atoms with Crippen LogP contribution in [0.2, 0.25) is 0 Å². The third kappa shape index (κ3) is 1.62. The van der Waals surface area contributed by atoms with Gasteiger partial charge in [0.1, 0.15) is 0 Å². The van der Waals surface area contributed by atoms with E-state index in [1.165, 1.54) is 0 Å². The predicted molar refractivity (Wildman–Crippen MR) is 55.5 cm³/mol. The van der Waals surface area contributed by atoms with Gasteiger partial charge in [-0.2, -0.15) is 0 Å². The fraction of sp³-hybridized carbons (Fsp3) is 0.889. The molecule has 14 heavy (non-hydrogen) atoms. The van der Waals surface area contributed by atoms with Gasteiger partial charge in [0.05, 0.1) is 12.0 Å². The van der Waals surface area contributed by atoms with E-state index < -0.39 is 0 Å². The Morgan fingerprint density at radius 3 is 3.14 bits per heavy atom. The van der Waals surface area contributed by atoms with Gasteiger partial charge < -0.3 is 15.4 Å². The van der Waals surface area contributed by atoms with E-state index in [4.69, 9.17) is 4.74 Å². The van der Waals surface area contributed by atoms with Gasteiger partial charge in [-0.1, -0.05) is 0 Å². The molecular formula is C9H17ClN2O2. The maximum absolute atomic E-state index is 11.8. The van der Waals surface area contributed by atoms with Crippen molar-refractivity contribution in [2.45, 2.75) is 6.42 Å². The van der Waals surface area contributed by atoms with Gasteiger partial charge in [0.15, 0.2) is 0 Å². The van der Waals surface area contributed by atoms with Crippen LogP contribution in [0.15, 0.2) is 0 Å². The van der Waals surface area contributed by atoms with Crippen molar-refractivity contribution in [3.63, 3.8) is 0 Å². The van der Waals surface area contributed by atoms with Crippen LogP contribution in [-0.4, -0.2) is 39.3 Å². The van der Waals surface area contributed by atoms with Crippen molar-refractivity contribution in [3.05, 3.63) is 0 Å². The first-order valence-corrected chi connectivity index (χ1v) is 4.80. The first-order valence-electron chi connectivity index (χ1n) is 4.80. The summed E-state index contributed by atoms with van der Waals surface area (Å²) >= 11 is 0. The molecule has 0 bridgehead atoms. The highest BCUT2D eigenvalue weighted by molar-refractivity contribution is 5.85. The van der Waals surface area contributed by atoms with Crippen LogP contribution in [0.5, 0.6) is 0 Å². The minimum Gasteiger partial charge on any atom is -0.381 e. The van der Waals surface area contributed by atoms with E-state index >= 15 is 0 Å². The Bertz CT molecular complexity index is 225. The van der Waals surface area contributed by atoms with Crippen molar-refractivity contribution in [2.75, 3.05) is 33.4 Å². The summed E-state index contributed by atoms with van der Waals surface area (Å²) in [6.07, 6.45) is 0.852. The Kier molecular flexibility index (Phi) is 3.75. The average molecular weight is 221 g/mol. The number of carbonyl (C=O) groups is 1. The molecule has 2 aliphatic rings. The van der Waals surface area contributed by atoms with Gasteiger partial charge in [0, 0.05) is 32.7 Å². The minimum atomic E-state index is -0.187. The summed E-state index contributed by atoms with van der Waals surface area (Å²) in [6.45, 7) is 3.15. The second-order valence-corrected chi connectivity index (χ2v) is 3.89. The van der Waals surface area contributed by atoms with Crippen molar-refractivity contribution in [2.24, 2.45) is 11.3 Å². The Morgan fingerprint density at radius 2 is 2.43 bits per heavy atom. The number of hydrogen-bond donors (Lipinski definition) is 2. The van der Waals surface area contributed by atoms with Crippen LogP contribution in [0.1, 0.15) is 6.42 Å². The third-order valence-corrected chi connectivity index (χ3v) is 3.30. The van der Waals surface area contributed by atoms with Crippen LogP contribution in [0.4, 0.5) is 0 Å². The summed E-state index contributed by atoms with van der Waals surface area (Å²) in [5.74, 6) is 0.534. The summed E-state index contributed by atoms with van der Waals surface area (Å²) in [5.41, 5.74) is -0.187. The fourth-order valence-electron chi connectivity index (χ4n) is 2.43. The minimum absolute atomic E-state index is 0. The molecule has 2 aliphatic heterocycles. The molecule has 2 saturated heterocycles. The molecule has 2 fully saturated rings. The number of amides is 1. The van der Waals surface area contributed by atoms with Crippen LogP contribution in [0, 0.1) is 11.3 Å². The lowest BCUT2D eigenvalue weighted by molar-refractivity contribution is -0.138. The van der Waals surface area contributed by atoms with Gasteiger partial charge in [0.2, 0.25) is 5.91 Å². The molecule has 2 atom stereocenters. The molecule has 2 rings (SSSR count). The van der Waals surface area contributed by atoms with Crippen molar-refractivity contribution >= 4 is 18.3 Å². The molecule has 0 aromatic rings. The average Bonchev–Trinajstić information content (AvgIpc) is 2.61. The molecule has 0 spiro atoms. The van der Waals surface area contributed by atoms with Gasteiger partial charge in [-0.3, -0.25) is 4.79 Å². The molecule has 0 saturated carbocycles. The Labute approximate surface area is 90.2 Å². The lowest BCUT2D eigenvalue weighted by atomic mass is 9.74. The molecule has 2 N–H and O–H groups in total.